The zero-order chi connectivity index (χ0) is 13.3. The van der Waals surface area contributed by atoms with E-state index in [2.05, 4.69) is 10.2 Å². The zero-order valence-corrected chi connectivity index (χ0v) is 13.6. The molecule has 0 saturated carbocycles. The van der Waals surface area contributed by atoms with Crippen molar-refractivity contribution in [2.24, 2.45) is 0 Å². The zero-order valence-electron chi connectivity index (χ0n) is 11.2. The molecule has 0 aromatic carbocycles. The van der Waals surface area contributed by atoms with Crippen molar-refractivity contribution >= 4 is 33.8 Å². The van der Waals surface area contributed by atoms with Gasteiger partial charge >= 0.3 is 0 Å². The highest BCUT2D eigenvalue weighted by molar-refractivity contribution is 7.91. The molecule has 2 aliphatic heterocycles. The molecular formula is C12H20ClN3O2S2. The molecule has 2 saturated heterocycles. The quantitative estimate of drug-likeness (QED) is 0.888. The molecule has 3 heterocycles. The first kappa shape index (κ1) is 16.2. The number of nitrogens with one attached hydrogen (secondary N) is 1. The molecule has 2 aliphatic rings. The third-order valence-corrected chi connectivity index (χ3v) is 7.12. The molecule has 1 atom stereocenters. The first-order chi connectivity index (χ1) is 9.18. The summed E-state index contributed by atoms with van der Waals surface area (Å²) in [7, 11) is -3.26. The van der Waals surface area contributed by atoms with Crippen molar-refractivity contribution in [3.05, 3.63) is 17.5 Å². The number of sulfonamides is 1. The van der Waals surface area contributed by atoms with Gasteiger partial charge in [-0.3, -0.25) is 4.90 Å². The molecule has 0 amide bonds. The molecule has 20 heavy (non-hydrogen) atoms. The number of hydrogen-bond donors (Lipinski definition) is 1. The van der Waals surface area contributed by atoms with Gasteiger partial charge in [0.25, 0.3) is 10.0 Å². The summed E-state index contributed by atoms with van der Waals surface area (Å²) in [5.74, 6) is 0. The largest absolute Gasteiger partial charge is 0.314 e. The fourth-order valence-corrected chi connectivity index (χ4v) is 5.45. The summed E-state index contributed by atoms with van der Waals surface area (Å²) in [4.78, 5) is 2.42. The molecule has 114 valence electrons. The number of rotatable bonds is 3. The van der Waals surface area contributed by atoms with Crippen molar-refractivity contribution in [1.82, 2.24) is 14.5 Å². The lowest BCUT2D eigenvalue weighted by molar-refractivity contribution is 0.179. The van der Waals surface area contributed by atoms with E-state index in [9.17, 15) is 8.42 Å². The molecule has 8 heteroatoms. The van der Waals surface area contributed by atoms with Crippen LogP contribution in [0.3, 0.4) is 0 Å². The molecule has 3 rings (SSSR count). The Balaban J connectivity index is 0.00000147. The second kappa shape index (κ2) is 6.72. The van der Waals surface area contributed by atoms with Crippen molar-refractivity contribution in [1.29, 1.82) is 0 Å². The number of piperazine rings is 1. The summed E-state index contributed by atoms with van der Waals surface area (Å²) in [6.07, 6.45) is 0.949. The summed E-state index contributed by atoms with van der Waals surface area (Å²) in [5, 5.41) is 5.15. The Morgan fingerprint density at radius 1 is 1.25 bits per heavy atom. The second-order valence-electron chi connectivity index (χ2n) is 5.02. The van der Waals surface area contributed by atoms with E-state index in [-0.39, 0.29) is 12.4 Å². The van der Waals surface area contributed by atoms with Crippen molar-refractivity contribution < 1.29 is 8.42 Å². The van der Waals surface area contributed by atoms with Gasteiger partial charge in [-0.2, -0.15) is 4.31 Å². The maximum Gasteiger partial charge on any atom is 0.252 e. The minimum absolute atomic E-state index is 0. The monoisotopic (exact) mass is 337 g/mol. The van der Waals surface area contributed by atoms with Crippen LogP contribution in [0.15, 0.2) is 21.7 Å². The van der Waals surface area contributed by atoms with E-state index in [1.807, 2.05) is 5.38 Å². The SMILES string of the molecule is Cl.O=S(=O)(c1cccs1)N1CCC(N2CCNCC2)C1. The van der Waals surface area contributed by atoms with Gasteiger partial charge in [-0.05, 0) is 17.9 Å². The molecule has 1 aromatic rings. The van der Waals surface area contributed by atoms with Crippen LogP contribution >= 0.6 is 23.7 Å². The first-order valence-corrected chi connectivity index (χ1v) is 8.98. The van der Waals surface area contributed by atoms with Gasteiger partial charge in [-0.1, -0.05) is 6.07 Å². The highest BCUT2D eigenvalue weighted by atomic mass is 35.5. The van der Waals surface area contributed by atoms with Crippen LogP contribution in [0.2, 0.25) is 0 Å². The summed E-state index contributed by atoms with van der Waals surface area (Å²) in [6.45, 7) is 5.35. The highest BCUT2D eigenvalue weighted by Gasteiger charge is 2.35. The number of nitrogens with zero attached hydrogens (tertiary/aromatic N) is 2. The normalized spacial score (nSPS) is 25.5. The highest BCUT2D eigenvalue weighted by Crippen LogP contribution is 2.26. The second-order valence-corrected chi connectivity index (χ2v) is 8.14. The van der Waals surface area contributed by atoms with Gasteiger partial charge in [0, 0.05) is 45.3 Å². The topological polar surface area (TPSA) is 52.7 Å². The average Bonchev–Trinajstić information content (AvgIpc) is 3.12. The van der Waals surface area contributed by atoms with Crippen LogP contribution in [0.25, 0.3) is 0 Å². The Morgan fingerprint density at radius 3 is 2.65 bits per heavy atom. The maximum atomic E-state index is 12.4. The van der Waals surface area contributed by atoms with E-state index < -0.39 is 10.0 Å². The van der Waals surface area contributed by atoms with Crippen molar-refractivity contribution in [3.63, 3.8) is 0 Å². The van der Waals surface area contributed by atoms with Gasteiger partial charge in [0.15, 0.2) is 0 Å². The van der Waals surface area contributed by atoms with Crippen LogP contribution in [-0.2, 0) is 10.0 Å². The third kappa shape index (κ3) is 3.18. The lowest BCUT2D eigenvalue weighted by Gasteiger charge is -2.32. The first-order valence-electron chi connectivity index (χ1n) is 6.66. The third-order valence-electron chi connectivity index (χ3n) is 3.88. The van der Waals surface area contributed by atoms with Crippen molar-refractivity contribution in [2.45, 2.75) is 16.7 Å². The minimum Gasteiger partial charge on any atom is -0.314 e. The van der Waals surface area contributed by atoms with E-state index in [0.717, 1.165) is 32.6 Å². The van der Waals surface area contributed by atoms with Crippen LogP contribution in [0, 0.1) is 0 Å². The molecule has 1 N–H and O–H groups in total. The van der Waals surface area contributed by atoms with Gasteiger partial charge in [0.05, 0.1) is 0 Å². The smallest absolute Gasteiger partial charge is 0.252 e. The average molecular weight is 338 g/mol. The molecule has 0 radical (unpaired) electrons. The predicted molar refractivity (Wildman–Crippen MR) is 83.2 cm³/mol. The Hall–Kier alpha value is -0.180. The molecule has 0 aliphatic carbocycles. The van der Waals surface area contributed by atoms with E-state index in [1.54, 1.807) is 16.4 Å². The lowest BCUT2D eigenvalue weighted by atomic mass is 10.2. The minimum atomic E-state index is -3.26. The van der Waals surface area contributed by atoms with Crippen LogP contribution in [-0.4, -0.2) is 62.9 Å². The molecule has 5 nitrogen and oxygen atoms in total. The van der Waals surface area contributed by atoms with Gasteiger partial charge < -0.3 is 5.32 Å². The van der Waals surface area contributed by atoms with Gasteiger partial charge in [0.1, 0.15) is 4.21 Å². The Labute approximate surface area is 130 Å². The van der Waals surface area contributed by atoms with Gasteiger partial charge in [0.2, 0.25) is 0 Å². The number of hydrogen-bond acceptors (Lipinski definition) is 5. The summed E-state index contributed by atoms with van der Waals surface area (Å²) < 4.78 is 27.0. The van der Waals surface area contributed by atoms with Gasteiger partial charge in [-0.15, -0.1) is 23.7 Å². The Bertz CT molecular complexity index is 515. The van der Waals surface area contributed by atoms with Crippen LogP contribution < -0.4 is 5.32 Å². The molecule has 2 fully saturated rings. The predicted octanol–water partition coefficient (Wildman–Crippen LogP) is 0.838. The van der Waals surface area contributed by atoms with E-state index >= 15 is 0 Å². The number of thiophene rings is 1. The van der Waals surface area contributed by atoms with Gasteiger partial charge in [-0.25, -0.2) is 8.42 Å². The molecule has 0 bridgehead atoms. The van der Waals surface area contributed by atoms with Crippen LogP contribution in [0.4, 0.5) is 0 Å². The summed E-state index contributed by atoms with van der Waals surface area (Å²) in [5.41, 5.74) is 0. The van der Waals surface area contributed by atoms with Crippen LogP contribution in [0.5, 0.6) is 0 Å². The lowest BCUT2D eigenvalue weighted by Crippen LogP contribution is -2.49. The van der Waals surface area contributed by atoms with Crippen molar-refractivity contribution in [2.75, 3.05) is 39.3 Å². The Morgan fingerprint density at radius 2 is 2.00 bits per heavy atom. The fraction of sp³-hybridized carbons (Fsp3) is 0.667. The maximum absolute atomic E-state index is 12.4. The van der Waals surface area contributed by atoms with E-state index in [0.29, 0.717) is 23.3 Å². The van der Waals surface area contributed by atoms with E-state index in [1.165, 1.54) is 11.3 Å². The van der Waals surface area contributed by atoms with Crippen molar-refractivity contribution in [3.8, 4) is 0 Å². The standard InChI is InChI=1S/C12H19N3O2S2.ClH/c16-19(17,12-2-1-9-18-12)15-6-3-11(10-15)14-7-4-13-5-8-14;/h1-2,9,11,13H,3-8,10H2;1H. The van der Waals surface area contributed by atoms with Crippen LogP contribution in [0.1, 0.15) is 6.42 Å². The molecule has 1 aromatic heterocycles. The molecular weight excluding hydrogens is 318 g/mol. The molecule has 0 spiro atoms. The summed E-state index contributed by atoms with van der Waals surface area (Å²) >= 11 is 1.30. The van der Waals surface area contributed by atoms with E-state index in [4.69, 9.17) is 0 Å². The Kier molecular flexibility index (Phi) is 5.44. The molecule has 1 unspecified atom stereocenters. The fourth-order valence-electron chi connectivity index (χ4n) is 2.81. The summed E-state index contributed by atoms with van der Waals surface area (Å²) in [6, 6.07) is 3.87. The number of halogens is 1.